The lowest BCUT2D eigenvalue weighted by atomic mass is 9.98. The molecule has 0 aliphatic heterocycles. The highest BCUT2D eigenvalue weighted by Crippen LogP contribution is 2.37. The average Bonchev–Trinajstić information content (AvgIpc) is 1.88. The van der Waals surface area contributed by atoms with Gasteiger partial charge in [-0.3, -0.25) is 28.8 Å². The Labute approximate surface area is 505 Å². The number of carbonyl (C=O) groups excluding carboxylic acids is 2. The molecule has 0 radical (unpaired) electrons. The van der Waals surface area contributed by atoms with E-state index in [2.05, 4.69) is 33.6 Å². The first-order valence-corrected chi connectivity index (χ1v) is 29.7. The molecule has 454 valence electrons. The summed E-state index contributed by atoms with van der Waals surface area (Å²) >= 11 is 0. The third kappa shape index (κ3) is 13.1. The molecular formula is C68H70N8O12. The maximum absolute atomic E-state index is 14.3. The Bertz CT molecular complexity index is 4230. The van der Waals surface area contributed by atoms with Gasteiger partial charge in [-0.25, -0.2) is 18.7 Å². The fourth-order valence-corrected chi connectivity index (χ4v) is 11.8. The molecule has 0 saturated heterocycles. The highest BCUT2D eigenvalue weighted by molar-refractivity contribution is 6.14. The zero-order valence-electron chi connectivity index (χ0n) is 49.7. The minimum Gasteiger partial charge on any atom is -0.494 e. The van der Waals surface area contributed by atoms with Gasteiger partial charge in [0, 0.05) is 47.7 Å². The van der Waals surface area contributed by atoms with Crippen LogP contribution in [-0.2, 0) is 22.7 Å². The number of carbonyl (C=O) groups is 4. The predicted molar refractivity (Wildman–Crippen MR) is 338 cm³/mol. The summed E-state index contributed by atoms with van der Waals surface area (Å²) in [5, 5.41) is 18.6. The van der Waals surface area contributed by atoms with Gasteiger partial charge in [-0.05, 0) is 174 Å². The van der Waals surface area contributed by atoms with E-state index in [0.29, 0.717) is 33.7 Å². The summed E-state index contributed by atoms with van der Waals surface area (Å²) in [6.07, 6.45) is 9.63. The number of rotatable bonds is 29. The summed E-state index contributed by atoms with van der Waals surface area (Å²) in [5.74, 6) is -1.76. The maximum atomic E-state index is 14.3. The van der Waals surface area contributed by atoms with Gasteiger partial charge in [0.25, 0.3) is 11.1 Å². The van der Waals surface area contributed by atoms with Gasteiger partial charge >= 0.3 is 23.3 Å². The zero-order chi connectivity index (χ0) is 62.2. The van der Waals surface area contributed by atoms with Crippen molar-refractivity contribution in [3.63, 3.8) is 0 Å². The van der Waals surface area contributed by atoms with Crippen molar-refractivity contribution in [2.75, 3.05) is 52.5 Å². The molecule has 0 aliphatic carbocycles. The highest BCUT2D eigenvalue weighted by atomic mass is 16.5. The van der Waals surface area contributed by atoms with Gasteiger partial charge in [0.15, 0.2) is 0 Å². The first-order valence-electron chi connectivity index (χ1n) is 29.7. The highest BCUT2D eigenvalue weighted by Gasteiger charge is 2.26. The van der Waals surface area contributed by atoms with Crippen molar-refractivity contribution in [1.29, 1.82) is 0 Å². The molecule has 6 heterocycles. The van der Waals surface area contributed by atoms with Crippen LogP contribution in [0.2, 0.25) is 0 Å². The fraction of sp³-hybridized carbons (Fsp3) is 0.294. The molecule has 4 aromatic carbocycles. The van der Waals surface area contributed by atoms with Gasteiger partial charge in [0.1, 0.15) is 24.6 Å². The lowest BCUT2D eigenvalue weighted by molar-refractivity contribution is -0.138. The van der Waals surface area contributed by atoms with Gasteiger partial charge in [0.2, 0.25) is 11.6 Å². The number of ketones is 2. The lowest BCUT2D eigenvalue weighted by Gasteiger charge is -2.26. The number of aromatic amines is 2. The number of likely N-dealkylation sites (N-methyl/N-ethyl adjacent to an activating group) is 1. The number of H-pyrrole nitrogens is 2. The van der Waals surface area contributed by atoms with E-state index < -0.39 is 47.5 Å². The monoisotopic (exact) mass is 1190 g/mol. The van der Waals surface area contributed by atoms with E-state index in [9.17, 15) is 48.6 Å². The molecule has 0 saturated carbocycles. The average molecular weight is 1190 g/mol. The lowest BCUT2D eigenvalue weighted by Crippen LogP contribution is -2.37. The molecule has 0 bridgehead atoms. The molecule has 88 heavy (non-hydrogen) atoms. The van der Waals surface area contributed by atoms with Gasteiger partial charge in [-0.1, -0.05) is 62.4 Å². The summed E-state index contributed by atoms with van der Waals surface area (Å²) in [4.78, 5) is 112. The number of aliphatic carboxylic acids is 2. The normalized spacial score (nSPS) is 11.7. The summed E-state index contributed by atoms with van der Waals surface area (Å²) < 4.78 is 17.4. The number of nitrogens with zero attached hydrogens (tertiary/aromatic N) is 6. The Hall–Kier alpha value is -9.92. The minimum absolute atomic E-state index is 0.0942. The minimum atomic E-state index is -1.33. The number of fused-ring (bicyclic) bond motifs is 4. The van der Waals surface area contributed by atoms with E-state index in [0.717, 1.165) is 134 Å². The third-order valence-electron chi connectivity index (χ3n) is 16.4. The Morgan fingerprint density at radius 1 is 0.489 bits per heavy atom. The fourth-order valence-electron chi connectivity index (χ4n) is 11.8. The van der Waals surface area contributed by atoms with Gasteiger partial charge in [-0.2, -0.15) is 0 Å². The number of hydrogen-bond donors (Lipinski definition) is 4. The van der Waals surface area contributed by atoms with Crippen LogP contribution < -0.4 is 32.0 Å². The first kappa shape index (κ1) is 61.2. The second-order valence-corrected chi connectivity index (χ2v) is 22.0. The predicted octanol–water partition coefficient (Wildman–Crippen LogP) is 9.22. The zero-order valence-corrected chi connectivity index (χ0v) is 49.7. The van der Waals surface area contributed by atoms with Crippen LogP contribution in [0.3, 0.4) is 0 Å². The second kappa shape index (κ2) is 27.2. The van der Waals surface area contributed by atoms with Crippen molar-refractivity contribution in [3.05, 3.63) is 209 Å². The number of benzene rings is 4. The number of hydrogen-bond acceptors (Lipinski definition) is 12. The van der Waals surface area contributed by atoms with Crippen molar-refractivity contribution in [2.24, 2.45) is 0 Å². The van der Waals surface area contributed by atoms with Crippen LogP contribution in [0.4, 0.5) is 0 Å². The molecule has 10 aromatic rings. The largest absolute Gasteiger partial charge is 0.494 e. The molecule has 10 rings (SSSR count). The summed E-state index contributed by atoms with van der Waals surface area (Å²) in [6.45, 7) is 13.9. The maximum Gasteiger partial charge on any atom is 0.329 e. The number of nitrogens with one attached hydrogen (secondary N) is 2. The van der Waals surface area contributed by atoms with E-state index >= 15 is 0 Å². The topological polar surface area (TPSA) is 252 Å². The summed E-state index contributed by atoms with van der Waals surface area (Å²) in [7, 11) is 0. The van der Waals surface area contributed by atoms with E-state index in [1.165, 1.54) is 36.4 Å². The Kier molecular flexibility index (Phi) is 18.9. The molecule has 0 spiro atoms. The second-order valence-electron chi connectivity index (χ2n) is 22.0. The van der Waals surface area contributed by atoms with Crippen molar-refractivity contribution in [1.82, 2.24) is 37.7 Å². The first-order chi connectivity index (χ1) is 42.5. The third-order valence-corrected chi connectivity index (χ3v) is 16.4. The molecule has 0 unspecified atom stereocenters. The van der Waals surface area contributed by atoms with E-state index in [4.69, 9.17) is 9.47 Å². The summed E-state index contributed by atoms with van der Waals surface area (Å²) in [5.41, 5.74) is 5.18. The van der Waals surface area contributed by atoms with Crippen LogP contribution in [-0.4, -0.2) is 124 Å². The van der Waals surface area contributed by atoms with E-state index in [1.807, 2.05) is 120 Å². The molecule has 0 fully saturated rings. The molecule has 0 amide bonds. The SMILES string of the molecule is CCN(CC)CCN(CCCCCOc1ccc(-c2c(C)c(C(=O)c3ccc4c(=O)n(CC(=O)O)c(=O)[nH]c4c3)n3ccccc23)cc1)CCCCCOc1ccc(-c2c(C)c(C(=O)c3ccc4c(=O)n(CC(=O)O)c(=O)[nH]c4c3)n3ccccc23)cc1. The van der Waals surface area contributed by atoms with Crippen molar-refractivity contribution in [2.45, 2.75) is 79.3 Å². The number of carboxylic acids is 2. The molecule has 0 aliphatic rings. The molecule has 4 N–H and O–H groups in total. The molecule has 20 nitrogen and oxygen atoms in total. The van der Waals surface area contributed by atoms with Crippen LogP contribution in [0.5, 0.6) is 11.5 Å². The number of pyridine rings is 2. The van der Waals surface area contributed by atoms with Crippen LogP contribution in [0, 0.1) is 13.8 Å². The smallest absolute Gasteiger partial charge is 0.329 e. The quantitative estimate of drug-likeness (QED) is 0.0252. The molecule has 20 heteroatoms. The Balaban J connectivity index is 0.696. The standard InChI is InChI=1S/C68H70N8O12/c1-5-71(6-2)35-36-72(31-11-7-15-37-87-49-25-19-45(20-26-49)59-43(3)61(73-33-13-9-17-55(59)73)63(81)47-23-29-51-53(39-47)69-67(85)75(65(51)83)41-57(77)78)32-12-8-16-38-88-50-27-21-46(22-28-50)60-44(4)62(74-34-14-10-18-56(60)74)64(82)48-24-30-52-54(40-48)70-68(86)76(66(52)84)42-58(79)80/h9-10,13-14,17-30,33-34,39-40H,5-8,11-12,15-16,31-32,35-38,41-42H2,1-4H3,(H,69,85)(H,70,86)(H,77,78)(H,79,80). The molecule has 6 aromatic heterocycles. The van der Waals surface area contributed by atoms with E-state index in [-0.39, 0.29) is 44.5 Å². The van der Waals surface area contributed by atoms with Crippen molar-refractivity contribution >= 4 is 56.3 Å². The van der Waals surface area contributed by atoms with Gasteiger partial charge in [0.05, 0.1) is 57.4 Å². The Morgan fingerprint density at radius 2 is 0.898 bits per heavy atom. The van der Waals surface area contributed by atoms with Crippen LogP contribution in [0.1, 0.15) is 95.6 Å². The number of carboxylic acid groups (broad SMARTS) is 2. The van der Waals surface area contributed by atoms with Crippen LogP contribution in [0.25, 0.3) is 55.1 Å². The van der Waals surface area contributed by atoms with Crippen molar-refractivity contribution < 1.29 is 38.9 Å². The summed E-state index contributed by atoms with van der Waals surface area (Å²) in [6, 6.07) is 36.0. The molecular weight excluding hydrogens is 1120 g/mol. The van der Waals surface area contributed by atoms with Gasteiger partial charge < -0.3 is 48.3 Å². The van der Waals surface area contributed by atoms with E-state index in [1.54, 1.807) is 0 Å². The Morgan fingerprint density at radius 3 is 1.30 bits per heavy atom. The number of aromatic nitrogens is 6. The number of ether oxygens (including phenoxy) is 2. The van der Waals surface area contributed by atoms with Crippen LogP contribution in [0.15, 0.2) is 153 Å². The number of unbranched alkanes of at least 4 members (excludes halogenated alkanes) is 4. The van der Waals surface area contributed by atoms with Crippen molar-refractivity contribution in [3.8, 4) is 33.8 Å². The van der Waals surface area contributed by atoms with Crippen LogP contribution >= 0.6 is 0 Å². The van der Waals surface area contributed by atoms with Gasteiger partial charge in [-0.15, -0.1) is 0 Å². The molecule has 0 atom stereocenters.